The number of thiazole rings is 1. The van der Waals surface area contributed by atoms with E-state index in [4.69, 9.17) is 91.0 Å². The van der Waals surface area contributed by atoms with Crippen LogP contribution < -0.4 is 16.1 Å². The summed E-state index contributed by atoms with van der Waals surface area (Å²) in [6, 6.07) is -1.18. The SMILES string of the molecule is C/C(=C\c1csc(CNP(=O)(O)CCN)n1)C1C[C@H]2O[C@@]2(C)CCC[C@@H](C)[C@@H](O)[C@H](C)C(=O)C(C)(C)[C@H](O)CC(=O)O1.CN[C@H](CSCC1O[C@H]2O[C@@H]3C(CO)O[C@H](O[C@@H]4C(CO)O[C@H](O[C@@H]5C(CO)O[C@H](OC6C(CSC[C@@H](CC(=O)CCOCCOCCC(C)=O)C(=O)O)O[C@H](O[C@@H]7C(CO)O[C@@H](O[C@@H]8C(CO)O[C@@H](O[C@H]1[C@H](O)C2O)C(O)[C@H]8O)C(O)[C@H]7O)C(O)[C@@H]6O)C(O)[C@H]5O)C(O)[C@H]4O)C(O)[C@H]3O)C(=O)O. The Balaban J connectivity index is 0.000000426. The van der Waals surface area contributed by atoms with E-state index in [1.165, 1.54) is 25.3 Å². The number of aromatic nitrogens is 1. The summed E-state index contributed by atoms with van der Waals surface area (Å²) in [5, 5.41) is 266. The molecule has 17 unspecified atom stereocenters. The molecule has 23 aliphatic rings. The number of ether oxygens (including phenoxy) is 18. The van der Waals surface area contributed by atoms with E-state index in [9.17, 15) is 156 Å². The largest absolute Gasteiger partial charge is 0.481 e. The van der Waals surface area contributed by atoms with Gasteiger partial charge in [-0.3, -0.25) is 33.3 Å². The molecule has 0 aromatic carbocycles. The van der Waals surface area contributed by atoms with E-state index < -0.39 is 333 Å². The second kappa shape index (κ2) is 55.9. The smallest absolute Gasteiger partial charge is 0.321 e. The molecule has 23 fully saturated rings. The number of nitrogens with one attached hydrogen (secondary N) is 2. The molecule has 53 nitrogen and oxygen atoms in total. The van der Waals surface area contributed by atoms with Gasteiger partial charge in [-0.15, -0.1) is 11.3 Å². The highest BCUT2D eigenvalue weighted by Crippen LogP contribution is 2.47. The van der Waals surface area contributed by atoms with E-state index in [1.54, 1.807) is 20.8 Å². The number of cyclic esters (lactones) is 1. The van der Waals surface area contributed by atoms with Crippen LogP contribution in [0.15, 0.2) is 11.0 Å². The van der Waals surface area contributed by atoms with E-state index in [2.05, 4.69) is 15.4 Å². The average Bonchev–Trinajstić information content (AvgIpc) is 1.73. The molecule has 0 radical (unpaired) electrons. The summed E-state index contributed by atoms with van der Waals surface area (Å²) in [5.41, 5.74) is 5.11. The molecule has 1 aromatic rings. The maximum absolute atomic E-state index is 13.3. The average molecular weight is 2170 g/mol. The molecule has 0 amide bonds. The van der Waals surface area contributed by atoms with Crippen molar-refractivity contribution in [2.24, 2.45) is 28.9 Å². The van der Waals surface area contributed by atoms with Gasteiger partial charge in [0.15, 0.2) is 44.0 Å². The minimum absolute atomic E-state index is 0.0283. The molecule has 45 atom stereocenters. The van der Waals surface area contributed by atoms with Crippen molar-refractivity contribution in [1.29, 1.82) is 0 Å². The summed E-state index contributed by atoms with van der Waals surface area (Å²) in [5.74, 6) is -7.83. The Morgan fingerprint density at radius 3 is 1.29 bits per heavy atom. The van der Waals surface area contributed by atoms with E-state index in [-0.39, 0.29) is 111 Å². The number of hydrogen-bond donors (Lipinski definition) is 27. The third-order valence-electron chi connectivity index (χ3n) is 27.3. The van der Waals surface area contributed by atoms with Crippen molar-refractivity contribution in [3.63, 3.8) is 0 Å². The van der Waals surface area contributed by atoms with Gasteiger partial charge in [-0.25, -0.2) is 10.1 Å². The number of aliphatic carboxylic acids is 2. The predicted octanol–water partition coefficient (Wildman–Crippen LogP) is -9.61. The van der Waals surface area contributed by atoms with Gasteiger partial charge in [-0.1, -0.05) is 34.1 Å². The Bertz CT molecular complexity index is 4290. The number of carbonyl (C=O) groups excluding carboxylic acids is 4. The zero-order valence-electron chi connectivity index (χ0n) is 81.1. The Morgan fingerprint density at radius 1 is 0.545 bits per heavy atom. The molecule has 145 heavy (non-hydrogen) atoms. The molecule has 23 aliphatic heterocycles. The maximum Gasteiger partial charge on any atom is 0.321 e. The second-order valence-electron chi connectivity index (χ2n) is 38.4. The van der Waals surface area contributed by atoms with Gasteiger partial charge >= 0.3 is 17.9 Å². The third kappa shape index (κ3) is 31.7. The third-order valence-corrected chi connectivity index (χ3v) is 32.0. The first-order chi connectivity index (χ1) is 68.5. The molecular weight excluding hydrogens is 2020 g/mol. The van der Waals surface area contributed by atoms with Crippen LogP contribution >= 0.6 is 42.4 Å². The molecule has 834 valence electrons. The highest BCUT2D eigenvalue weighted by molar-refractivity contribution is 7.99. The number of aliphatic hydroxyl groups excluding tert-OH is 21. The van der Waals surface area contributed by atoms with Gasteiger partial charge in [0.2, 0.25) is 0 Å². The lowest BCUT2D eigenvalue weighted by Crippen LogP contribution is -2.68. The van der Waals surface area contributed by atoms with E-state index in [0.29, 0.717) is 17.1 Å². The number of carbonyl (C=O) groups is 6. The number of aliphatic hydroxyl groups is 21. The molecule has 0 spiro atoms. The normalized spacial score (nSPS) is 42.0. The standard InChI is InChI=1S/C59H97NO41S2.C29H48N3O8PS/c1-19(66)3-5-86-7-8-87-6-4-21(67)9-20(51(82)83)15-102-17-28-49-35(73)42(80)58(93-28)98-47-26(13-64)89-55(38(76)31(47)69)97-46-25(12-63)92-57(41(79)34(46)72)101-50-29(18-103-16-22(60-2)52(84)85)94-59(43(81)36(50)74)99-48-27(14-65)90-54(39(77)32(48)70)95-44-23(10-61)88-53(37(75)30(44)68)96-45-24(11-62)91-56(100-49)40(78)33(45)71;1-17-8-7-9-29(6)23(40-29)13-21(39-25(34)14-22(33)28(4,5)27(36)19(3)26(17)35)18(2)12-20-16-42-24(32-20)15-31-41(37,38)11-10-30/h20,22-50,53-65,68-81H,3-18H2,1-2H3,(H,82,83)(H,84,85);12,16-17,19,21-23,26,33,35H,7-11,13-15,30H2,1-6H3,(H2,31,37,38)/b;18-12+/t20-,22-,23?,24?,25?,26?,27?,28?,29?,30-,31-,32-,33-,34-,35+,36-,37?,38?,39?,40?,41?,42?,43?,44-,45-,46-,47-,48-,49?,50-,53-,54-,55+,56-,57+,58-,59+;17-,19+,21?,22-,23-,26-,29+/m11/s1. The molecule has 1 aromatic heterocycles. The van der Waals surface area contributed by atoms with Gasteiger partial charge < -0.3 is 219 Å². The van der Waals surface area contributed by atoms with E-state index >= 15 is 0 Å². The van der Waals surface area contributed by atoms with Gasteiger partial charge in [0.25, 0.3) is 7.52 Å². The van der Waals surface area contributed by atoms with Crippen molar-refractivity contribution >= 4 is 83.7 Å². The molecule has 57 heteroatoms. The van der Waals surface area contributed by atoms with Gasteiger partial charge in [-0.2, -0.15) is 23.5 Å². The fourth-order valence-corrected chi connectivity index (χ4v) is 22.2. The molecule has 24 heterocycles. The van der Waals surface area contributed by atoms with Crippen LogP contribution in [0.25, 0.3) is 6.08 Å². The van der Waals surface area contributed by atoms with Crippen molar-refractivity contribution < 1.29 is 241 Å². The van der Waals surface area contributed by atoms with Crippen molar-refractivity contribution in [2.75, 3.05) is 102 Å². The number of carboxylic acid groups (broad SMARTS) is 2. The number of esters is 1. The second-order valence-corrected chi connectivity index (χ2v) is 43.7. The Kier molecular flexibility index (Phi) is 47.4. The van der Waals surface area contributed by atoms with Crippen LogP contribution in [-0.4, -0.2) is 516 Å². The summed E-state index contributed by atoms with van der Waals surface area (Å²) in [7, 11) is -2.18. The fourth-order valence-electron chi connectivity index (χ4n) is 18.2. The highest BCUT2D eigenvalue weighted by atomic mass is 32.2. The number of ketones is 3. The summed E-state index contributed by atoms with van der Waals surface area (Å²) < 4.78 is 117. The number of carboxylic acids is 2. The monoisotopic (exact) mass is 2170 g/mol. The number of epoxide rings is 1. The number of likely N-dealkylation sites (N-methyl/N-ethyl adjacent to an activating group) is 1. The molecule has 14 bridgehead atoms. The van der Waals surface area contributed by atoms with E-state index in [0.717, 1.165) is 48.4 Å². The molecule has 24 rings (SSSR count). The van der Waals surface area contributed by atoms with Gasteiger partial charge in [0.05, 0.1) is 132 Å². The number of rotatable bonds is 34. The fraction of sp³-hybridized carbons (Fsp3) is 0.875. The molecule has 0 aliphatic carbocycles. The van der Waals surface area contributed by atoms with Gasteiger partial charge in [-0.05, 0) is 58.2 Å². The first kappa shape index (κ1) is 123. The number of fused-ring (bicyclic) bond motifs is 1. The molecule has 23 saturated heterocycles. The Hall–Kier alpha value is -3.96. The van der Waals surface area contributed by atoms with Crippen molar-refractivity contribution in [2.45, 2.75) is 357 Å². The zero-order chi connectivity index (χ0) is 107. The predicted molar refractivity (Wildman–Crippen MR) is 493 cm³/mol. The number of nitrogens with two attached hydrogens (primary N) is 1. The minimum atomic E-state index is -3.53. The summed E-state index contributed by atoms with van der Waals surface area (Å²) >= 11 is 3.00. The summed E-state index contributed by atoms with van der Waals surface area (Å²) in [4.78, 5) is 89.5. The van der Waals surface area contributed by atoms with Crippen LogP contribution in [0.4, 0.5) is 0 Å². The number of thioether (sulfide) groups is 2. The quantitative estimate of drug-likeness (QED) is 0.0132. The van der Waals surface area contributed by atoms with Crippen molar-refractivity contribution in [3.8, 4) is 0 Å². The lowest BCUT2D eigenvalue weighted by molar-refractivity contribution is -0.395. The van der Waals surface area contributed by atoms with Crippen LogP contribution in [0.2, 0.25) is 0 Å². The first-order valence-electron chi connectivity index (χ1n) is 47.9. The Morgan fingerprint density at radius 2 is 0.924 bits per heavy atom. The van der Waals surface area contributed by atoms with Crippen LogP contribution in [0, 0.1) is 23.2 Å². The highest BCUT2D eigenvalue weighted by Gasteiger charge is 2.61. The molecular formula is C88H145N4O49PS3. The number of Topliss-reactive ketones (excluding diaryl/α,β-unsaturated/α-hetero) is 3. The molecule has 28 N–H and O–H groups in total. The van der Waals surface area contributed by atoms with Crippen LogP contribution in [-0.2, 0) is 125 Å². The van der Waals surface area contributed by atoms with Crippen molar-refractivity contribution in [3.05, 3.63) is 21.7 Å². The maximum atomic E-state index is 13.3. The van der Waals surface area contributed by atoms with Gasteiger partial charge in [0.1, 0.15) is 193 Å². The summed E-state index contributed by atoms with van der Waals surface area (Å²) in [6.45, 7) is 6.98. The van der Waals surface area contributed by atoms with Crippen LogP contribution in [0.1, 0.15) is 111 Å². The number of hydrogen-bond acceptors (Lipinski definition) is 52. The van der Waals surface area contributed by atoms with Crippen LogP contribution in [0.5, 0.6) is 0 Å². The van der Waals surface area contributed by atoms with Crippen molar-refractivity contribution in [1.82, 2.24) is 15.4 Å². The minimum Gasteiger partial charge on any atom is -0.481 e. The number of nitrogens with zero attached hydrogens (tertiary/aromatic N) is 1. The zero-order valence-corrected chi connectivity index (χ0v) is 84.4. The lowest BCUT2D eigenvalue weighted by atomic mass is 9.73. The van der Waals surface area contributed by atoms with Crippen LogP contribution in [0.3, 0.4) is 0 Å². The van der Waals surface area contributed by atoms with Gasteiger partial charge in [0, 0.05) is 66.5 Å². The topological polar surface area (TPSA) is 837 Å². The van der Waals surface area contributed by atoms with E-state index in [1.807, 2.05) is 32.2 Å². The Labute approximate surface area is 846 Å². The lowest BCUT2D eigenvalue weighted by Gasteiger charge is -2.50. The summed E-state index contributed by atoms with van der Waals surface area (Å²) in [6.07, 6.45) is -71.9. The first-order valence-corrected chi connectivity index (χ1v) is 52.9. The molecule has 0 saturated carbocycles.